The van der Waals surface area contributed by atoms with Gasteiger partial charge in [0.2, 0.25) is 6.41 Å². The van der Waals surface area contributed by atoms with E-state index in [1.807, 2.05) is 23.1 Å². The van der Waals surface area contributed by atoms with Crippen LogP contribution < -0.4 is 10.1 Å². The number of nitrogens with one attached hydrogen (secondary N) is 1. The molecule has 0 saturated heterocycles. The molecular formula is C22H29N3O2S. The van der Waals surface area contributed by atoms with Crippen LogP contribution in [-0.4, -0.2) is 42.0 Å². The predicted molar refractivity (Wildman–Crippen MR) is 114 cm³/mol. The standard InChI is InChI=1S/C22H29N3O2S/c1-2-12-25(15-26)17-9-7-16(8-10-17)14-23-22-24-21-18-5-3-4-6-19(18)27-13-11-20(21)28-22/h3-6,15-17H,2,7-14H2,1H3,(H,23,24)/t16-,17-. The molecule has 0 spiro atoms. The van der Waals surface area contributed by atoms with Crippen LogP contribution in [0.5, 0.6) is 5.75 Å². The molecule has 0 atom stereocenters. The summed E-state index contributed by atoms with van der Waals surface area (Å²) in [5.74, 6) is 1.59. The van der Waals surface area contributed by atoms with Gasteiger partial charge in [0.25, 0.3) is 0 Å². The Hall–Kier alpha value is -2.08. The van der Waals surface area contributed by atoms with Gasteiger partial charge < -0.3 is 15.0 Å². The van der Waals surface area contributed by atoms with Crippen molar-refractivity contribution in [2.75, 3.05) is 25.0 Å². The molecule has 1 amide bonds. The van der Waals surface area contributed by atoms with Gasteiger partial charge >= 0.3 is 0 Å². The summed E-state index contributed by atoms with van der Waals surface area (Å²) in [5, 5.41) is 4.61. The Kier molecular flexibility index (Phi) is 6.15. The molecule has 1 N–H and O–H groups in total. The first-order chi connectivity index (χ1) is 13.8. The molecule has 6 heteroatoms. The molecule has 0 radical (unpaired) electrons. The zero-order chi connectivity index (χ0) is 19.3. The molecule has 150 valence electrons. The van der Waals surface area contributed by atoms with Crippen molar-refractivity contribution >= 4 is 22.9 Å². The molecule has 4 rings (SSSR count). The SMILES string of the molecule is CCCN(C=O)[C@H]1CC[C@H](CNc2nc3c(s2)CCOc2ccccc2-3)CC1. The second kappa shape index (κ2) is 8.95. The summed E-state index contributed by atoms with van der Waals surface area (Å²) in [7, 11) is 0. The number of benzene rings is 1. The molecule has 1 aliphatic heterocycles. The van der Waals surface area contributed by atoms with Gasteiger partial charge in [-0.3, -0.25) is 4.79 Å². The Morgan fingerprint density at radius 3 is 2.89 bits per heavy atom. The van der Waals surface area contributed by atoms with Crippen molar-refractivity contribution in [2.24, 2.45) is 5.92 Å². The maximum Gasteiger partial charge on any atom is 0.209 e. The van der Waals surface area contributed by atoms with Crippen molar-refractivity contribution in [3.63, 3.8) is 0 Å². The fourth-order valence-corrected chi connectivity index (χ4v) is 5.30. The third-order valence-electron chi connectivity index (χ3n) is 5.87. The summed E-state index contributed by atoms with van der Waals surface area (Å²) in [5.41, 5.74) is 2.18. The molecular weight excluding hydrogens is 370 g/mol. The van der Waals surface area contributed by atoms with E-state index < -0.39 is 0 Å². The maximum atomic E-state index is 11.3. The van der Waals surface area contributed by atoms with Crippen LogP contribution in [0.4, 0.5) is 5.13 Å². The highest BCUT2D eigenvalue weighted by molar-refractivity contribution is 7.16. The smallest absolute Gasteiger partial charge is 0.209 e. The monoisotopic (exact) mass is 399 g/mol. The van der Waals surface area contributed by atoms with Gasteiger partial charge in [0, 0.05) is 36.0 Å². The van der Waals surface area contributed by atoms with Crippen LogP contribution in [0.2, 0.25) is 0 Å². The second-order valence-corrected chi connectivity index (χ2v) is 8.87. The number of thiazole rings is 1. The number of para-hydroxylation sites is 1. The number of ether oxygens (including phenoxy) is 1. The Morgan fingerprint density at radius 1 is 1.29 bits per heavy atom. The van der Waals surface area contributed by atoms with Crippen molar-refractivity contribution in [3.8, 4) is 17.0 Å². The molecule has 0 unspecified atom stereocenters. The first kappa shape index (κ1) is 19.2. The molecule has 2 aromatic rings. The molecule has 2 aliphatic rings. The number of aromatic nitrogens is 1. The highest BCUT2D eigenvalue weighted by Gasteiger charge is 2.25. The van der Waals surface area contributed by atoms with Crippen LogP contribution in [-0.2, 0) is 11.2 Å². The minimum Gasteiger partial charge on any atom is -0.493 e. The van der Waals surface area contributed by atoms with Crippen LogP contribution in [0.1, 0.15) is 43.9 Å². The van der Waals surface area contributed by atoms with Gasteiger partial charge in [-0.2, -0.15) is 0 Å². The predicted octanol–water partition coefficient (Wildman–Crippen LogP) is 4.58. The van der Waals surface area contributed by atoms with Crippen molar-refractivity contribution in [2.45, 2.75) is 51.5 Å². The molecule has 0 bridgehead atoms. The number of hydrogen-bond donors (Lipinski definition) is 1. The molecule has 1 fully saturated rings. The summed E-state index contributed by atoms with van der Waals surface area (Å²) >= 11 is 1.76. The number of hydrogen-bond acceptors (Lipinski definition) is 5. The van der Waals surface area contributed by atoms with Crippen LogP contribution in [0.3, 0.4) is 0 Å². The minimum absolute atomic E-state index is 0.432. The van der Waals surface area contributed by atoms with Crippen molar-refractivity contribution in [3.05, 3.63) is 29.1 Å². The van der Waals surface area contributed by atoms with Gasteiger partial charge in [-0.15, -0.1) is 11.3 Å². The van der Waals surface area contributed by atoms with E-state index in [4.69, 9.17) is 9.72 Å². The number of rotatable bonds is 7. The number of carbonyl (C=O) groups is 1. The van der Waals surface area contributed by atoms with E-state index >= 15 is 0 Å². The third-order valence-corrected chi connectivity index (χ3v) is 6.94. The zero-order valence-electron chi connectivity index (χ0n) is 16.5. The average molecular weight is 400 g/mol. The van der Waals surface area contributed by atoms with Crippen LogP contribution >= 0.6 is 11.3 Å². The van der Waals surface area contributed by atoms with E-state index in [9.17, 15) is 4.79 Å². The third kappa shape index (κ3) is 4.17. The lowest BCUT2D eigenvalue weighted by atomic mass is 9.85. The number of fused-ring (bicyclic) bond motifs is 3. The topological polar surface area (TPSA) is 54.5 Å². The van der Waals surface area contributed by atoms with Gasteiger partial charge in [0.05, 0.1) is 12.3 Å². The highest BCUT2D eigenvalue weighted by Crippen LogP contribution is 2.39. The normalized spacial score (nSPS) is 21.0. The molecule has 1 aliphatic carbocycles. The van der Waals surface area contributed by atoms with Crippen LogP contribution in [0, 0.1) is 5.92 Å². The fraction of sp³-hybridized carbons (Fsp3) is 0.545. The first-order valence-corrected chi connectivity index (χ1v) is 11.3. The number of anilines is 1. The fourth-order valence-electron chi connectivity index (χ4n) is 4.34. The molecule has 1 saturated carbocycles. The first-order valence-electron chi connectivity index (χ1n) is 10.4. The van der Waals surface area contributed by atoms with Gasteiger partial charge in [-0.1, -0.05) is 19.1 Å². The molecule has 1 aromatic carbocycles. The average Bonchev–Trinajstić information content (AvgIpc) is 3.06. The van der Waals surface area contributed by atoms with Gasteiger partial charge in [-0.25, -0.2) is 4.98 Å². The summed E-state index contributed by atoms with van der Waals surface area (Å²) < 4.78 is 5.86. The van der Waals surface area contributed by atoms with Gasteiger partial charge in [-0.05, 0) is 50.2 Å². The lowest BCUT2D eigenvalue weighted by molar-refractivity contribution is -0.121. The van der Waals surface area contributed by atoms with Crippen molar-refractivity contribution < 1.29 is 9.53 Å². The van der Waals surface area contributed by atoms with Gasteiger partial charge in [0.1, 0.15) is 5.75 Å². The lowest BCUT2D eigenvalue weighted by Crippen LogP contribution is -2.38. The second-order valence-electron chi connectivity index (χ2n) is 7.78. The summed E-state index contributed by atoms with van der Waals surface area (Å²) in [6.45, 7) is 4.69. The Balaban J connectivity index is 1.35. The molecule has 2 heterocycles. The molecule has 28 heavy (non-hydrogen) atoms. The highest BCUT2D eigenvalue weighted by atomic mass is 32.1. The van der Waals surface area contributed by atoms with E-state index in [-0.39, 0.29) is 0 Å². The van der Waals surface area contributed by atoms with Crippen molar-refractivity contribution in [1.29, 1.82) is 0 Å². The number of carbonyl (C=O) groups excluding carboxylic acids is 1. The van der Waals surface area contributed by atoms with Gasteiger partial charge in [0.15, 0.2) is 5.13 Å². The van der Waals surface area contributed by atoms with E-state index in [1.165, 1.54) is 17.7 Å². The maximum absolute atomic E-state index is 11.3. The largest absolute Gasteiger partial charge is 0.493 e. The number of amides is 1. The quantitative estimate of drug-likeness (QED) is 0.692. The summed E-state index contributed by atoms with van der Waals surface area (Å²) in [4.78, 5) is 19.5. The molecule has 5 nitrogen and oxygen atoms in total. The van der Waals surface area contributed by atoms with Crippen LogP contribution in [0.15, 0.2) is 24.3 Å². The minimum atomic E-state index is 0.432. The Morgan fingerprint density at radius 2 is 2.11 bits per heavy atom. The van der Waals surface area contributed by atoms with E-state index in [2.05, 4.69) is 18.3 Å². The number of nitrogens with zero attached hydrogens (tertiary/aromatic N) is 2. The molecule has 1 aromatic heterocycles. The summed E-state index contributed by atoms with van der Waals surface area (Å²) in [6, 6.07) is 8.61. The Bertz CT molecular complexity index is 799. The summed E-state index contributed by atoms with van der Waals surface area (Å²) in [6.07, 6.45) is 7.56. The van der Waals surface area contributed by atoms with Crippen molar-refractivity contribution in [1.82, 2.24) is 9.88 Å². The lowest BCUT2D eigenvalue weighted by Gasteiger charge is -2.34. The zero-order valence-corrected chi connectivity index (χ0v) is 17.3. The van der Waals surface area contributed by atoms with Crippen LogP contribution in [0.25, 0.3) is 11.3 Å². The Labute approximate surface area is 171 Å². The van der Waals surface area contributed by atoms with E-state index in [0.717, 1.165) is 67.3 Å². The van der Waals surface area contributed by atoms with E-state index in [0.29, 0.717) is 18.6 Å². The van der Waals surface area contributed by atoms with E-state index in [1.54, 1.807) is 11.3 Å².